The van der Waals surface area contributed by atoms with Crippen LogP contribution in [0.1, 0.15) is 15.9 Å². The van der Waals surface area contributed by atoms with Crippen molar-refractivity contribution in [1.29, 1.82) is 0 Å². The summed E-state index contributed by atoms with van der Waals surface area (Å²) in [5.41, 5.74) is 3.18. The van der Waals surface area contributed by atoms with E-state index in [0.717, 1.165) is 10.8 Å². The summed E-state index contributed by atoms with van der Waals surface area (Å²) >= 11 is 0. The van der Waals surface area contributed by atoms with E-state index in [9.17, 15) is 14.7 Å². The maximum atomic E-state index is 12.2. The molecule has 3 aromatic carbocycles. The Bertz CT molecular complexity index is 1130. The predicted octanol–water partition coefficient (Wildman–Crippen LogP) is 2.15. The number of hydrogen-bond donors (Lipinski definition) is 3. The molecule has 0 atom stereocenters. The molecule has 3 N–H and O–H groups in total. The number of hydrazone groups is 1. The van der Waals surface area contributed by atoms with Gasteiger partial charge in [-0.05, 0) is 35.0 Å². The van der Waals surface area contributed by atoms with Crippen LogP contribution >= 0.6 is 0 Å². The van der Waals surface area contributed by atoms with E-state index >= 15 is 0 Å². The Hall–Kier alpha value is -4.07. The number of phenols is 1. The molecule has 3 aromatic rings. The van der Waals surface area contributed by atoms with Crippen molar-refractivity contribution in [1.82, 2.24) is 10.7 Å². The number of phenolic OH excluding ortho intramolecular Hbond substituents is 1. The van der Waals surface area contributed by atoms with Crippen LogP contribution in [0, 0.1) is 0 Å². The highest BCUT2D eigenvalue weighted by Gasteiger charge is 2.16. The Kier molecular flexibility index (Phi) is 4.98. The van der Waals surface area contributed by atoms with Crippen LogP contribution < -0.4 is 20.2 Å². The van der Waals surface area contributed by atoms with E-state index < -0.39 is 11.8 Å². The minimum absolute atomic E-state index is 0.0535. The highest BCUT2D eigenvalue weighted by atomic mass is 16.7. The zero-order valence-corrected chi connectivity index (χ0v) is 15.2. The number of ether oxygens (including phenoxy) is 2. The molecule has 0 fully saturated rings. The largest absolute Gasteiger partial charge is 0.507 e. The van der Waals surface area contributed by atoms with Gasteiger partial charge in [-0.3, -0.25) is 9.59 Å². The second-order valence-electron chi connectivity index (χ2n) is 6.26. The fourth-order valence-corrected chi connectivity index (χ4v) is 2.93. The van der Waals surface area contributed by atoms with Gasteiger partial charge in [-0.1, -0.05) is 30.3 Å². The summed E-state index contributed by atoms with van der Waals surface area (Å²) in [4.78, 5) is 24.1. The van der Waals surface area contributed by atoms with Gasteiger partial charge in [0.25, 0.3) is 11.8 Å². The molecule has 1 aliphatic heterocycles. The maximum absolute atomic E-state index is 12.2. The Labute approximate surface area is 165 Å². The number of nitrogens with one attached hydrogen (secondary N) is 2. The van der Waals surface area contributed by atoms with E-state index in [0.29, 0.717) is 22.6 Å². The molecule has 146 valence electrons. The molecular formula is C21H17N3O5. The summed E-state index contributed by atoms with van der Waals surface area (Å²) < 4.78 is 10.4. The van der Waals surface area contributed by atoms with Crippen molar-refractivity contribution in [2.24, 2.45) is 5.10 Å². The molecule has 1 aliphatic rings. The van der Waals surface area contributed by atoms with E-state index in [-0.39, 0.29) is 19.1 Å². The first-order chi connectivity index (χ1) is 14.1. The van der Waals surface area contributed by atoms with Gasteiger partial charge in [-0.25, -0.2) is 5.43 Å². The number of aromatic hydroxyl groups is 1. The van der Waals surface area contributed by atoms with E-state index in [1.807, 2.05) is 24.3 Å². The monoisotopic (exact) mass is 391 g/mol. The fourth-order valence-electron chi connectivity index (χ4n) is 2.93. The van der Waals surface area contributed by atoms with Gasteiger partial charge in [0.2, 0.25) is 6.79 Å². The zero-order valence-electron chi connectivity index (χ0n) is 15.2. The minimum atomic E-state index is -0.505. The van der Waals surface area contributed by atoms with Crippen molar-refractivity contribution >= 4 is 28.8 Å². The van der Waals surface area contributed by atoms with Gasteiger partial charge in [-0.2, -0.15) is 5.10 Å². The van der Waals surface area contributed by atoms with Crippen molar-refractivity contribution in [3.8, 4) is 17.2 Å². The average Bonchev–Trinajstić information content (AvgIpc) is 3.21. The van der Waals surface area contributed by atoms with Gasteiger partial charge in [0.05, 0.1) is 12.8 Å². The van der Waals surface area contributed by atoms with Crippen molar-refractivity contribution in [2.45, 2.75) is 0 Å². The second kappa shape index (κ2) is 7.89. The lowest BCUT2D eigenvalue weighted by Crippen LogP contribution is -2.34. The van der Waals surface area contributed by atoms with E-state index in [2.05, 4.69) is 15.8 Å². The average molecular weight is 391 g/mol. The van der Waals surface area contributed by atoms with Crippen LogP contribution in [0.25, 0.3) is 10.8 Å². The highest BCUT2D eigenvalue weighted by molar-refractivity contribution is 6.02. The highest BCUT2D eigenvalue weighted by Crippen LogP contribution is 2.32. The molecule has 29 heavy (non-hydrogen) atoms. The van der Waals surface area contributed by atoms with Crippen molar-refractivity contribution in [3.05, 3.63) is 65.7 Å². The summed E-state index contributed by atoms with van der Waals surface area (Å²) in [5.74, 6) is 0.189. The van der Waals surface area contributed by atoms with E-state index in [1.165, 1.54) is 6.21 Å². The second-order valence-corrected chi connectivity index (χ2v) is 6.26. The molecule has 4 rings (SSSR count). The third kappa shape index (κ3) is 3.96. The van der Waals surface area contributed by atoms with Crippen LogP contribution in [0.5, 0.6) is 17.2 Å². The molecule has 8 heteroatoms. The number of hydrogen-bond acceptors (Lipinski definition) is 6. The van der Waals surface area contributed by atoms with Gasteiger partial charge in [0.15, 0.2) is 11.5 Å². The molecular weight excluding hydrogens is 374 g/mol. The van der Waals surface area contributed by atoms with Gasteiger partial charge in [0, 0.05) is 11.1 Å². The standard InChI is InChI=1S/C21H17N3O5/c25-17-7-5-13-3-1-2-4-15(13)16(17)10-23-24-20(26)11-22-21(27)14-6-8-18-19(9-14)29-12-28-18/h1-10,25H,11-12H2,(H,22,27)(H,24,26). The number of carbonyl (C=O) groups excluding carboxylic acids is 2. The number of fused-ring (bicyclic) bond motifs is 2. The zero-order chi connectivity index (χ0) is 20.2. The van der Waals surface area contributed by atoms with Gasteiger partial charge in [-0.15, -0.1) is 0 Å². The Balaban J connectivity index is 1.35. The van der Waals surface area contributed by atoms with Crippen LogP contribution in [-0.2, 0) is 4.79 Å². The van der Waals surface area contributed by atoms with Gasteiger partial charge in [0.1, 0.15) is 5.75 Å². The summed E-state index contributed by atoms with van der Waals surface area (Å²) in [6.07, 6.45) is 1.37. The molecule has 0 bridgehead atoms. The summed E-state index contributed by atoms with van der Waals surface area (Å²) in [7, 11) is 0. The number of nitrogens with zero attached hydrogens (tertiary/aromatic N) is 1. The number of benzene rings is 3. The number of carbonyl (C=O) groups is 2. The molecule has 0 aromatic heterocycles. The molecule has 8 nitrogen and oxygen atoms in total. The van der Waals surface area contributed by atoms with E-state index in [1.54, 1.807) is 30.3 Å². The van der Waals surface area contributed by atoms with Crippen LogP contribution in [0.2, 0.25) is 0 Å². The van der Waals surface area contributed by atoms with Crippen molar-refractivity contribution in [2.75, 3.05) is 13.3 Å². The number of amides is 2. The smallest absolute Gasteiger partial charge is 0.259 e. The molecule has 2 amide bonds. The van der Waals surface area contributed by atoms with Crippen LogP contribution in [0.4, 0.5) is 0 Å². The van der Waals surface area contributed by atoms with Crippen molar-refractivity contribution < 1.29 is 24.2 Å². The normalized spacial score (nSPS) is 12.3. The maximum Gasteiger partial charge on any atom is 0.259 e. The Morgan fingerprint density at radius 1 is 1.07 bits per heavy atom. The molecule has 0 spiro atoms. The summed E-state index contributed by atoms with van der Waals surface area (Å²) in [6.45, 7) is -0.140. The quantitative estimate of drug-likeness (QED) is 0.456. The SMILES string of the molecule is O=C(CNC(=O)c1ccc2c(c1)OCO2)NN=Cc1c(O)ccc2ccccc12. The summed E-state index contributed by atoms with van der Waals surface area (Å²) in [5, 5.41) is 18.2. The van der Waals surface area contributed by atoms with Gasteiger partial charge >= 0.3 is 0 Å². The lowest BCUT2D eigenvalue weighted by Gasteiger charge is -2.06. The molecule has 0 aliphatic carbocycles. The molecule has 0 unspecified atom stereocenters. The lowest BCUT2D eigenvalue weighted by atomic mass is 10.0. The lowest BCUT2D eigenvalue weighted by molar-refractivity contribution is -0.120. The van der Waals surface area contributed by atoms with E-state index in [4.69, 9.17) is 9.47 Å². The molecule has 1 heterocycles. The Morgan fingerprint density at radius 2 is 1.90 bits per heavy atom. The minimum Gasteiger partial charge on any atom is -0.507 e. The predicted molar refractivity (Wildman–Crippen MR) is 106 cm³/mol. The third-order valence-corrected chi connectivity index (χ3v) is 4.37. The molecule has 0 saturated carbocycles. The van der Waals surface area contributed by atoms with Crippen molar-refractivity contribution in [3.63, 3.8) is 0 Å². The third-order valence-electron chi connectivity index (χ3n) is 4.37. The Morgan fingerprint density at radius 3 is 2.79 bits per heavy atom. The molecule has 0 radical (unpaired) electrons. The topological polar surface area (TPSA) is 109 Å². The van der Waals surface area contributed by atoms with Crippen LogP contribution in [0.15, 0.2) is 59.7 Å². The first kappa shape index (κ1) is 18.3. The first-order valence-corrected chi connectivity index (χ1v) is 8.82. The van der Waals surface area contributed by atoms with Gasteiger partial charge < -0.3 is 19.9 Å². The van der Waals surface area contributed by atoms with Crippen LogP contribution in [0.3, 0.4) is 0 Å². The number of rotatable bonds is 5. The fraction of sp³-hybridized carbons (Fsp3) is 0.0952. The summed E-state index contributed by atoms with van der Waals surface area (Å²) in [6, 6.07) is 15.6. The van der Waals surface area contributed by atoms with Crippen LogP contribution in [-0.4, -0.2) is 36.5 Å². The first-order valence-electron chi connectivity index (χ1n) is 8.82. The molecule has 0 saturated heterocycles.